The Kier molecular flexibility index (Phi) is 4.20. The molecule has 1 aromatic carbocycles. The van der Waals surface area contributed by atoms with Crippen molar-refractivity contribution in [3.05, 3.63) is 23.5 Å². The highest BCUT2D eigenvalue weighted by atomic mass is 19.1. The van der Waals surface area contributed by atoms with Crippen LogP contribution in [0.2, 0.25) is 0 Å². The molecule has 1 aliphatic carbocycles. The number of benzene rings is 1. The van der Waals surface area contributed by atoms with Gasteiger partial charge in [0.2, 0.25) is 0 Å². The van der Waals surface area contributed by atoms with E-state index >= 15 is 0 Å². The molecule has 0 aromatic heterocycles. The molecule has 6 heteroatoms. The zero-order valence-corrected chi connectivity index (χ0v) is 12.8. The predicted octanol–water partition coefficient (Wildman–Crippen LogP) is 2.09. The Morgan fingerprint density at radius 3 is 2.59 bits per heavy atom. The van der Waals surface area contributed by atoms with E-state index in [9.17, 15) is 9.18 Å². The Hall–Kier alpha value is -1.82. The Labute approximate surface area is 128 Å². The summed E-state index contributed by atoms with van der Waals surface area (Å²) in [6.07, 6.45) is 2.38. The monoisotopic (exact) mass is 309 g/mol. The summed E-state index contributed by atoms with van der Waals surface area (Å²) in [5.41, 5.74) is 0.00842. The molecular weight excluding hydrogens is 289 g/mol. The summed E-state index contributed by atoms with van der Waals surface area (Å²) in [6.45, 7) is 1.51. The summed E-state index contributed by atoms with van der Waals surface area (Å²) in [5.74, 6) is 0.240. The predicted molar refractivity (Wildman–Crippen MR) is 77.9 cm³/mol. The number of ether oxygens (including phenoxy) is 3. The van der Waals surface area contributed by atoms with Crippen molar-refractivity contribution in [2.24, 2.45) is 5.92 Å². The van der Waals surface area contributed by atoms with Gasteiger partial charge in [0.05, 0.1) is 32.5 Å². The zero-order valence-electron chi connectivity index (χ0n) is 12.8. The van der Waals surface area contributed by atoms with Crippen molar-refractivity contribution in [1.29, 1.82) is 0 Å². The van der Waals surface area contributed by atoms with Crippen LogP contribution in [0.1, 0.15) is 23.2 Å². The first-order valence-electron chi connectivity index (χ1n) is 7.46. The van der Waals surface area contributed by atoms with Crippen LogP contribution in [0.5, 0.6) is 11.5 Å². The highest BCUT2D eigenvalue weighted by Gasteiger charge is 2.37. The van der Waals surface area contributed by atoms with Gasteiger partial charge in [-0.3, -0.25) is 4.79 Å². The van der Waals surface area contributed by atoms with Crippen molar-refractivity contribution >= 4 is 5.91 Å². The molecule has 22 heavy (non-hydrogen) atoms. The van der Waals surface area contributed by atoms with Gasteiger partial charge in [-0.2, -0.15) is 0 Å². The molecule has 1 aromatic rings. The van der Waals surface area contributed by atoms with E-state index in [-0.39, 0.29) is 23.3 Å². The maximum atomic E-state index is 14.2. The van der Waals surface area contributed by atoms with Gasteiger partial charge >= 0.3 is 0 Å². The normalized spacial score (nSPS) is 21.6. The number of carbonyl (C=O) groups is 1. The van der Waals surface area contributed by atoms with Gasteiger partial charge in [-0.1, -0.05) is 0 Å². The molecule has 120 valence electrons. The molecule has 0 N–H and O–H groups in total. The molecule has 1 heterocycles. The number of methoxy groups -OCH3 is 2. The van der Waals surface area contributed by atoms with Crippen LogP contribution >= 0.6 is 0 Å². The largest absolute Gasteiger partial charge is 0.493 e. The van der Waals surface area contributed by atoms with Gasteiger partial charge < -0.3 is 19.1 Å². The van der Waals surface area contributed by atoms with Crippen LogP contribution in [-0.4, -0.2) is 50.8 Å². The lowest BCUT2D eigenvalue weighted by molar-refractivity contribution is -0.0315. The summed E-state index contributed by atoms with van der Waals surface area (Å²) in [5, 5.41) is 0. The quantitative estimate of drug-likeness (QED) is 0.854. The molecule has 0 radical (unpaired) electrons. The molecule has 1 unspecified atom stereocenters. The molecule has 1 saturated heterocycles. The van der Waals surface area contributed by atoms with E-state index in [2.05, 4.69) is 0 Å². The molecule has 1 saturated carbocycles. The van der Waals surface area contributed by atoms with Gasteiger partial charge in [-0.15, -0.1) is 0 Å². The molecule has 5 nitrogen and oxygen atoms in total. The van der Waals surface area contributed by atoms with Crippen molar-refractivity contribution in [2.75, 3.05) is 33.9 Å². The second-order valence-electron chi connectivity index (χ2n) is 5.68. The van der Waals surface area contributed by atoms with Crippen LogP contribution in [0.15, 0.2) is 12.1 Å². The zero-order chi connectivity index (χ0) is 15.7. The molecule has 0 spiro atoms. The fraction of sp³-hybridized carbons (Fsp3) is 0.562. The maximum absolute atomic E-state index is 14.2. The van der Waals surface area contributed by atoms with Crippen LogP contribution in [0.4, 0.5) is 4.39 Å². The van der Waals surface area contributed by atoms with E-state index in [1.54, 1.807) is 4.90 Å². The summed E-state index contributed by atoms with van der Waals surface area (Å²) in [4.78, 5) is 14.3. The molecule has 1 amide bonds. The number of hydrogen-bond acceptors (Lipinski definition) is 4. The lowest BCUT2D eigenvalue weighted by atomic mass is 10.1. The first-order chi connectivity index (χ1) is 10.6. The van der Waals surface area contributed by atoms with E-state index in [0.29, 0.717) is 31.4 Å². The van der Waals surface area contributed by atoms with Crippen LogP contribution < -0.4 is 9.47 Å². The molecule has 0 bridgehead atoms. The van der Waals surface area contributed by atoms with Crippen molar-refractivity contribution < 1.29 is 23.4 Å². The van der Waals surface area contributed by atoms with E-state index in [4.69, 9.17) is 14.2 Å². The Bertz CT molecular complexity index is 574. The van der Waals surface area contributed by atoms with E-state index in [0.717, 1.165) is 12.8 Å². The van der Waals surface area contributed by atoms with Crippen LogP contribution in [0.25, 0.3) is 0 Å². The van der Waals surface area contributed by atoms with E-state index in [1.165, 1.54) is 26.4 Å². The van der Waals surface area contributed by atoms with Crippen molar-refractivity contribution in [3.63, 3.8) is 0 Å². The van der Waals surface area contributed by atoms with Crippen LogP contribution in [0, 0.1) is 11.7 Å². The second kappa shape index (κ2) is 6.12. The molecule has 1 atom stereocenters. The van der Waals surface area contributed by atoms with Crippen LogP contribution in [0.3, 0.4) is 0 Å². The number of morpholine rings is 1. The van der Waals surface area contributed by atoms with E-state index in [1.807, 2.05) is 0 Å². The molecule has 3 rings (SSSR count). The highest BCUT2D eigenvalue weighted by molar-refractivity contribution is 5.95. The fourth-order valence-corrected chi connectivity index (χ4v) is 2.80. The first-order valence-corrected chi connectivity index (χ1v) is 7.46. The average molecular weight is 309 g/mol. The third-order valence-electron chi connectivity index (χ3n) is 4.23. The summed E-state index contributed by atoms with van der Waals surface area (Å²) in [7, 11) is 2.89. The Morgan fingerprint density at radius 2 is 1.95 bits per heavy atom. The first kappa shape index (κ1) is 15.1. The van der Waals surface area contributed by atoms with Gasteiger partial charge in [0.15, 0.2) is 11.5 Å². The Balaban J connectivity index is 1.81. The van der Waals surface area contributed by atoms with Gasteiger partial charge in [0, 0.05) is 19.2 Å². The number of hydrogen-bond donors (Lipinski definition) is 0. The van der Waals surface area contributed by atoms with Crippen molar-refractivity contribution in [1.82, 2.24) is 4.90 Å². The van der Waals surface area contributed by atoms with Gasteiger partial charge in [0.25, 0.3) is 5.91 Å². The second-order valence-corrected chi connectivity index (χ2v) is 5.68. The van der Waals surface area contributed by atoms with Crippen LogP contribution in [-0.2, 0) is 4.74 Å². The topological polar surface area (TPSA) is 48.0 Å². The lowest BCUT2D eigenvalue weighted by Gasteiger charge is -2.33. The number of nitrogens with zero attached hydrogens (tertiary/aromatic N) is 1. The molecule has 2 aliphatic rings. The van der Waals surface area contributed by atoms with Gasteiger partial charge in [0.1, 0.15) is 5.82 Å². The van der Waals surface area contributed by atoms with Crippen molar-refractivity contribution in [3.8, 4) is 11.5 Å². The van der Waals surface area contributed by atoms with Gasteiger partial charge in [-0.25, -0.2) is 4.39 Å². The summed E-state index contributed by atoms with van der Waals surface area (Å²) >= 11 is 0. The average Bonchev–Trinajstić information content (AvgIpc) is 3.39. The van der Waals surface area contributed by atoms with Gasteiger partial charge in [-0.05, 0) is 24.8 Å². The maximum Gasteiger partial charge on any atom is 0.257 e. The number of amides is 1. The fourth-order valence-electron chi connectivity index (χ4n) is 2.80. The minimum absolute atomic E-state index is 0.00842. The van der Waals surface area contributed by atoms with Crippen molar-refractivity contribution in [2.45, 2.75) is 18.9 Å². The number of carbonyl (C=O) groups excluding carboxylic acids is 1. The SMILES string of the molecule is COc1cc(F)c(C(=O)N2CCOC(C3CC3)C2)cc1OC. The van der Waals surface area contributed by atoms with E-state index < -0.39 is 5.82 Å². The number of rotatable bonds is 4. The summed E-state index contributed by atoms with van der Waals surface area (Å²) in [6, 6.07) is 2.59. The standard InChI is InChI=1S/C16H20FNO4/c1-20-13-7-11(12(17)8-14(13)21-2)16(19)18-5-6-22-15(9-18)10-3-4-10/h7-8,10,15H,3-6,9H2,1-2H3. The number of halogens is 1. The minimum Gasteiger partial charge on any atom is -0.493 e. The molecule has 2 fully saturated rings. The highest BCUT2D eigenvalue weighted by Crippen LogP contribution is 2.36. The molecule has 1 aliphatic heterocycles. The third kappa shape index (κ3) is 2.88. The lowest BCUT2D eigenvalue weighted by Crippen LogP contribution is -2.46. The minimum atomic E-state index is -0.600. The Morgan fingerprint density at radius 1 is 1.27 bits per heavy atom. The smallest absolute Gasteiger partial charge is 0.257 e. The summed E-state index contributed by atoms with van der Waals surface area (Å²) < 4.78 is 30.1. The third-order valence-corrected chi connectivity index (χ3v) is 4.23. The molecular formula is C16H20FNO4.